The van der Waals surface area contributed by atoms with Crippen molar-refractivity contribution in [1.29, 1.82) is 0 Å². The molecule has 156 valence electrons. The number of hydrogen-bond acceptors (Lipinski definition) is 6. The molecule has 1 N–H and O–H groups in total. The van der Waals surface area contributed by atoms with Crippen molar-refractivity contribution < 1.29 is 13.2 Å². The molecule has 0 radical (unpaired) electrons. The van der Waals surface area contributed by atoms with Crippen LogP contribution in [0, 0.1) is 0 Å². The lowest BCUT2D eigenvalue weighted by molar-refractivity contribution is 0.0730. The largest absolute Gasteiger partial charge is 0.379 e. The zero-order valence-electron chi connectivity index (χ0n) is 16.4. The third-order valence-corrected chi connectivity index (χ3v) is 7.46. The first-order chi connectivity index (χ1) is 14.6. The van der Waals surface area contributed by atoms with Crippen molar-refractivity contribution in [2.24, 2.45) is 0 Å². The second kappa shape index (κ2) is 9.53. The molecule has 0 unspecified atom stereocenters. The Labute approximate surface area is 180 Å². The molecule has 0 atom stereocenters. The third kappa shape index (κ3) is 4.96. The molecule has 0 aliphatic carbocycles. The number of sulfonamides is 1. The van der Waals surface area contributed by atoms with E-state index in [2.05, 4.69) is 34.6 Å². The molecule has 0 spiro atoms. The lowest BCUT2D eigenvalue weighted by atomic mass is 10.2. The lowest BCUT2D eigenvalue weighted by Crippen LogP contribution is -2.40. The monoisotopic (exact) mass is 441 g/mol. The zero-order chi connectivity index (χ0) is 20.8. The minimum absolute atomic E-state index is 0.299. The maximum atomic E-state index is 12.7. The number of morpholine rings is 1. The van der Waals surface area contributed by atoms with E-state index in [-0.39, 0.29) is 0 Å². The summed E-state index contributed by atoms with van der Waals surface area (Å²) in [6, 6.07) is 17.0. The third-order valence-electron chi connectivity index (χ3n) is 4.74. The summed E-state index contributed by atoms with van der Waals surface area (Å²) < 4.78 is 32.2. The van der Waals surface area contributed by atoms with E-state index >= 15 is 0 Å². The van der Waals surface area contributed by atoms with Gasteiger partial charge in [-0.25, -0.2) is 13.4 Å². The van der Waals surface area contributed by atoms with Crippen LogP contribution in [0.2, 0.25) is 0 Å². The van der Waals surface area contributed by atoms with Crippen LogP contribution in [0.3, 0.4) is 0 Å². The Morgan fingerprint density at radius 1 is 1.07 bits per heavy atom. The SMILES string of the molecule is O=S(=O)(c1ccc(-c2csc(NC/C=C/c3ccccc3)n2)cc1)N1CCOCC1. The molecule has 1 saturated heterocycles. The van der Waals surface area contributed by atoms with Crippen LogP contribution in [0.1, 0.15) is 5.56 Å². The van der Waals surface area contributed by atoms with Crippen LogP contribution < -0.4 is 5.32 Å². The van der Waals surface area contributed by atoms with E-state index in [0.717, 1.165) is 22.0 Å². The van der Waals surface area contributed by atoms with Gasteiger partial charge < -0.3 is 10.1 Å². The number of anilines is 1. The average Bonchev–Trinajstić information content (AvgIpc) is 3.27. The molecular formula is C22H23N3O3S2. The summed E-state index contributed by atoms with van der Waals surface area (Å²) in [4.78, 5) is 4.90. The molecule has 1 aliphatic rings. The fraction of sp³-hybridized carbons (Fsp3) is 0.227. The molecule has 0 saturated carbocycles. The first kappa shape index (κ1) is 20.7. The van der Waals surface area contributed by atoms with Gasteiger partial charge in [0.25, 0.3) is 0 Å². The van der Waals surface area contributed by atoms with Crippen molar-refractivity contribution in [2.45, 2.75) is 4.90 Å². The van der Waals surface area contributed by atoms with Gasteiger partial charge in [-0.2, -0.15) is 4.31 Å². The predicted molar refractivity (Wildman–Crippen MR) is 121 cm³/mol. The molecule has 6 nitrogen and oxygen atoms in total. The van der Waals surface area contributed by atoms with Gasteiger partial charge in [0, 0.05) is 30.6 Å². The topological polar surface area (TPSA) is 71.5 Å². The number of ether oxygens (including phenoxy) is 1. The summed E-state index contributed by atoms with van der Waals surface area (Å²) in [7, 11) is -3.48. The van der Waals surface area contributed by atoms with E-state index in [1.54, 1.807) is 12.1 Å². The molecule has 0 bridgehead atoms. The number of benzene rings is 2. The molecule has 3 aromatic rings. The number of aromatic nitrogens is 1. The van der Waals surface area contributed by atoms with E-state index in [1.807, 2.05) is 35.7 Å². The average molecular weight is 442 g/mol. The van der Waals surface area contributed by atoms with Gasteiger partial charge in [-0.15, -0.1) is 11.3 Å². The van der Waals surface area contributed by atoms with Crippen molar-refractivity contribution >= 4 is 32.6 Å². The highest BCUT2D eigenvalue weighted by Crippen LogP contribution is 2.26. The number of nitrogens with zero attached hydrogens (tertiary/aromatic N) is 2. The molecule has 2 aromatic carbocycles. The minimum Gasteiger partial charge on any atom is -0.379 e. The van der Waals surface area contributed by atoms with Crippen LogP contribution in [-0.2, 0) is 14.8 Å². The molecule has 30 heavy (non-hydrogen) atoms. The smallest absolute Gasteiger partial charge is 0.243 e. The Bertz CT molecular complexity index is 1090. The fourth-order valence-corrected chi connectivity index (χ4v) is 5.26. The molecule has 4 rings (SSSR count). The van der Waals surface area contributed by atoms with Gasteiger partial charge in [0.1, 0.15) is 0 Å². The highest BCUT2D eigenvalue weighted by Gasteiger charge is 2.26. The summed E-state index contributed by atoms with van der Waals surface area (Å²) >= 11 is 1.53. The van der Waals surface area contributed by atoms with Gasteiger partial charge in [-0.3, -0.25) is 0 Å². The molecule has 1 aliphatic heterocycles. The molecule has 1 aromatic heterocycles. The van der Waals surface area contributed by atoms with Crippen molar-refractivity contribution in [3.63, 3.8) is 0 Å². The van der Waals surface area contributed by atoms with E-state index in [1.165, 1.54) is 15.6 Å². The van der Waals surface area contributed by atoms with Crippen LogP contribution in [0.15, 0.2) is 70.9 Å². The molecule has 8 heteroatoms. The predicted octanol–water partition coefficient (Wildman–Crippen LogP) is 3.96. The molecular weight excluding hydrogens is 418 g/mol. The summed E-state index contributed by atoms with van der Waals surface area (Å²) in [5.41, 5.74) is 2.87. The Balaban J connectivity index is 1.38. The highest BCUT2D eigenvalue weighted by atomic mass is 32.2. The first-order valence-corrected chi connectivity index (χ1v) is 12.0. The Hall–Kier alpha value is -2.52. The number of nitrogens with one attached hydrogen (secondary N) is 1. The van der Waals surface area contributed by atoms with Crippen LogP contribution >= 0.6 is 11.3 Å². The summed E-state index contributed by atoms with van der Waals surface area (Å²) in [6.07, 6.45) is 4.12. The Morgan fingerprint density at radius 2 is 1.80 bits per heavy atom. The normalized spacial score (nSPS) is 15.5. The summed E-state index contributed by atoms with van der Waals surface area (Å²) in [5, 5.41) is 6.08. The van der Waals surface area contributed by atoms with Gasteiger partial charge >= 0.3 is 0 Å². The van der Waals surface area contributed by atoms with E-state index in [4.69, 9.17) is 4.74 Å². The second-order valence-electron chi connectivity index (χ2n) is 6.77. The Kier molecular flexibility index (Phi) is 6.59. The Morgan fingerprint density at radius 3 is 2.53 bits per heavy atom. The number of rotatable bonds is 7. The van der Waals surface area contributed by atoms with Crippen LogP contribution in [0.5, 0.6) is 0 Å². The summed E-state index contributed by atoms with van der Waals surface area (Å²) in [5.74, 6) is 0. The molecule has 2 heterocycles. The number of thiazole rings is 1. The van der Waals surface area contributed by atoms with Gasteiger partial charge in [-0.1, -0.05) is 54.6 Å². The van der Waals surface area contributed by atoms with Crippen LogP contribution in [0.25, 0.3) is 17.3 Å². The maximum absolute atomic E-state index is 12.7. The van der Waals surface area contributed by atoms with E-state index in [0.29, 0.717) is 37.7 Å². The van der Waals surface area contributed by atoms with E-state index in [9.17, 15) is 8.42 Å². The quantitative estimate of drug-likeness (QED) is 0.601. The first-order valence-electron chi connectivity index (χ1n) is 9.72. The van der Waals surface area contributed by atoms with Gasteiger partial charge in [0.05, 0.1) is 23.8 Å². The molecule has 0 amide bonds. The van der Waals surface area contributed by atoms with Crippen molar-refractivity contribution in [2.75, 3.05) is 38.2 Å². The van der Waals surface area contributed by atoms with Crippen molar-refractivity contribution in [3.8, 4) is 11.3 Å². The lowest BCUT2D eigenvalue weighted by Gasteiger charge is -2.26. The number of hydrogen-bond donors (Lipinski definition) is 1. The second-order valence-corrected chi connectivity index (χ2v) is 9.57. The van der Waals surface area contributed by atoms with Crippen molar-refractivity contribution in [1.82, 2.24) is 9.29 Å². The zero-order valence-corrected chi connectivity index (χ0v) is 18.0. The highest BCUT2D eigenvalue weighted by molar-refractivity contribution is 7.89. The minimum atomic E-state index is -3.48. The van der Waals surface area contributed by atoms with Gasteiger partial charge in [-0.05, 0) is 17.7 Å². The van der Waals surface area contributed by atoms with E-state index < -0.39 is 10.0 Å². The van der Waals surface area contributed by atoms with Crippen LogP contribution in [0.4, 0.5) is 5.13 Å². The van der Waals surface area contributed by atoms with Crippen LogP contribution in [-0.4, -0.2) is 50.6 Å². The maximum Gasteiger partial charge on any atom is 0.243 e. The van der Waals surface area contributed by atoms with Gasteiger partial charge in [0.15, 0.2) is 5.13 Å². The van der Waals surface area contributed by atoms with Gasteiger partial charge in [0.2, 0.25) is 10.0 Å². The fourth-order valence-electron chi connectivity index (χ4n) is 3.13. The molecule has 1 fully saturated rings. The van der Waals surface area contributed by atoms with Crippen molar-refractivity contribution in [3.05, 3.63) is 71.6 Å². The summed E-state index contributed by atoms with van der Waals surface area (Å²) in [6.45, 7) is 2.34. The standard InChI is InChI=1S/C22H23N3O3S2/c26-30(27,25-13-15-28-16-14-25)20-10-8-19(9-11-20)21-17-29-22(24-21)23-12-4-7-18-5-2-1-3-6-18/h1-11,17H,12-16H2,(H,23,24)/b7-4+.